The summed E-state index contributed by atoms with van der Waals surface area (Å²) in [5, 5.41) is 0. The molecule has 0 aromatic rings. The molecule has 0 radical (unpaired) electrons. The van der Waals surface area contributed by atoms with Crippen LogP contribution in [-0.4, -0.2) is 5.78 Å². The summed E-state index contributed by atoms with van der Waals surface area (Å²) in [6.07, 6.45) is 8.80. The van der Waals surface area contributed by atoms with Crippen LogP contribution in [0.5, 0.6) is 0 Å². The number of hydrogen-bond donors (Lipinski definition) is 0. The van der Waals surface area contributed by atoms with E-state index < -0.39 is 0 Å². The van der Waals surface area contributed by atoms with Gasteiger partial charge in [0, 0.05) is 12.3 Å². The van der Waals surface area contributed by atoms with Crippen molar-refractivity contribution in [1.29, 1.82) is 0 Å². The normalized spacial score (nSPS) is 51.2. The van der Waals surface area contributed by atoms with Gasteiger partial charge >= 0.3 is 0 Å². The van der Waals surface area contributed by atoms with Crippen molar-refractivity contribution in [3.8, 4) is 0 Å². The van der Waals surface area contributed by atoms with E-state index in [-0.39, 0.29) is 0 Å². The fraction of sp³-hybridized carbons (Fsp3) is 0.909. The molecule has 3 saturated carbocycles. The second-order valence-corrected chi connectivity index (χ2v) is 4.94. The summed E-state index contributed by atoms with van der Waals surface area (Å²) in [6, 6.07) is 0. The number of Topliss-reactive ketones (excluding diaryl/α,β-unsaturated/α-hetero) is 1. The Hall–Kier alpha value is -0.330. The SMILES string of the molecule is O=C1CC[C@H]2C[C@]23CCCCC13. The Kier molecular flexibility index (Phi) is 1.26. The first kappa shape index (κ1) is 7.11. The molecule has 0 bridgehead atoms. The van der Waals surface area contributed by atoms with E-state index in [1.54, 1.807) is 0 Å². The smallest absolute Gasteiger partial charge is 0.136 e. The van der Waals surface area contributed by atoms with Crippen molar-refractivity contribution in [1.82, 2.24) is 0 Å². The van der Waals surface area contributed by atoms with E-state index in [0.29, 0.717) is 17.1 Å². The van der Waals surface area contributed by atoms with Crippen molar-refractivity contribution in [2.45, 2.75) is 44.9 Å². The van der Waals surface area contributed by atoms with Crippen molar-refractivity contribution in [2.24, 2.45) is 17.3 Å². The molecule has 1 heteroatoms. The van der Waals surface area contributed by atoms with Crippen LogP contribution < -0.4 is 0 Å². The molecule has 3 aliphatic rings. The minimum atomic E-state index is 0.505. The predicted octanol–water partition coefficient (Wildman–Crippen LogP) is 2.55. The quantitative estimate of drug-likeness (QED) is 0.537. The highest BCUT2D eigenvalue weighted by Gasteiger charge is 2.62. The molecule has 1 unspecified atom stereocenters. The molecule has 0 saturated heterocycles. The monoisotopic (exact) mass is 164 g/mol. The van der Waals surface area contributed by atoms with Gasteiger partial charge in [0.15, 0.2) is 0 Å². The zero-order chi connectivity index (χ0) is 8.18. The summed E-state index contributed by atoms with van der Waals surface area (Å²) in [5.74, 6) is 2.06. The lowest BCUT2D eigenvalue weighted by molar-refractivity contribution is -0.128. The molecule has 3 fully saturated rings. The number of rotatable bonds is 0. The second-order valence-electron chi connectivity index (χ2n) is 4.94. The van der Waals surface area contributed by atoms with E-state index >= 15 is 0 Å². The molecule has 0 aromatic heterocycles. The Balaban J connectivity index is 1.91. The van der Waals surface area contributed by atoms with Gasteiger partial charge < -0.3 is 0 Å². The van der Waals surface area contributed by atoms with Crippen LogP contribution in [0.15, 0.2) is 0 Å². The van der Waals surface area contributed by atoms with Crippen molar-refractivity contribution in [3.05, 3.63) is 0 Å². The molecule has 1 spiro atoms. The Labute approximate surface area is 73.5 Å². The summed E-state index contributed by atoms with van der Waals surface area (Å²) >= 11 is 0. The highest BCUT2D eigenvalue weighted by molar-refractivity contribution is 5.83. The Bertz CT molecular complexity index is 233. The van der Waals surface area contributed by atoms with Gasteiger partial charge in [0.25, 0.3) is 0 Å². The Morgan fingerprint density at radius 1 is 1.25 bits per heavy atom. The minimum Gasteiger partial charge on any atom is -0.299 e. The molecule has 3 atom stereocenters. The van der Waals surface area contributed by atoms with Crippen molar-refractivity contribution < 1.29 is 4.79 Å². The maximum Gasteiger partial charge on any atom is 0.136 e. The summed E-state index contributed by atoms with van der Waals surface area (Å²) < 4.78 is 0. The van der Waals surface area contributed by atoms with Crippen LogP contribution in [0.2, 0.25) is 0 Å². The third-order valence-electron chi connectivity index (χ3n) is 4.49. The molecule has 12 heavy (non-hydrogen) atoms. The number of carbonyl (C=O) groups excluding carboxylic acids is 1. The number of ketones is 1. The first-order chi connectivity index (χ1) is 5.83. The topological polar surface area (TPSA) is 17.1 Å². The summed E-state index contributed by atoms with van der Waals surface area (Å²) in [7, 11) is 0. The van der Waals surface area contributed by atoms with Crippen LogP contribution in [-0.2, 0) is 4.79 Å². The molecular weight excluding hydrogens is 148 g/mol. The molecule has 1 nitrogen and oxygen atoms in total. The van der Waals surface area contributed by atoms with Crippen molar-refractivity contribution >= 4 is 5.78 Å². The number of carbonyl (C=O) groups is 1. The van der Waals surface area contributed by atoms with Gasteiger partial charge in [-0.2, -0.15) is 0 Å². The molecule has 0 heterocycles. The highest BCUT2D eigenvalue weighted by Crippen LogP contribution is 2.68. The molecule has 3 aliphatic carbocycles. The zero-order valence-electron chi connectivity index (χ0n) is 7.51. The van der Waals surface area contributed by atoms with Crippen LogP contribution in [0.4, 0.5) is 0 Å². The van der Waals surface area contributed by atoms with E-state index in [4.69, 9.17) is 0 Å². The number of hydrogen-bond acceptors (Lipinski definition) is 1. The van der Waals surface area contributed by atoms with Gasteiger partial charge in [0.1, 0.15) is 5.78 Å². The fourth-order valence-electron chi connectivity index (χ4n) is 3.76. The third kappa shape index (κ3) is 0.725. The van der Waals surface area contributed by atoms with Gasteiger partial charge in [0.2, 0.25) is 0 Å². The van der Waals surface area contributed by atoms with Gasteiger partial charge in [0.05, 0.1) is 0 Å². The van der Waals surface area contributed by atoms with Crippen LogP contribution >= 0.6 is 0 Å². The molecule has 0 aliphatic heterocycles. The van der Waals surface area contributed by atoms with Gasteiger partial charge in [-0.1, -0.05) is 12.8 Å². The van der Waals surface area contributed by atoms with Gasteiger partial charge in [-0.05, 0) is 37.0 Å². The van der Waals surface area contributed by atoms with E-state index in [0.717, 1.165) is 12.3 Å². The van der Waals surface area contributed by atoms with E-state index in [1.807, 2.05) is 0 Å². The molecule has 0 aromatic carbocycles. The van der Waals surface area contributed by atoms with E-state index in [1.165, 1.54) is 38.5 Å². The van der Waals surface area contributed by atoms with E-state index in [9.17, 15) is 4.79 Å². The van der Waals surface area contributed by atoms with Crippen LogP contribution in [0.3, 0.4) is 0 Å². The fourth-order valence-corrected chi connectivity index (χ4v) is 3.76. The third-order valence-corrected chi connectivity index (χ3v) is 4.49. The van der Waals surface area contributed by atoms with Gasteiger partial charge in [-0.15, -0.1) is 0 Å². The lowest BCUT2D eigenvalue weighted by atomic mass is 9.69. The van der Waals surface area contributed by atoms with Crippen LogP contribution in [0.25, 0.3) is 0 Å². The molecule has 3 rings (SSSR count). The summed E-state index contributed by atoms with van der Waals surface area (Å²) in [6.45, 7) is 0. The van der Waals surface area contributed by atoms with Crippen LogP contribution in [0, 0.1) is 17.3 Å². The first-order valence-corrected chi connectivity index (χ1v) is 5.36. The van der Waals surface area contributed by atoms with Crippen molar-refractivity contribution in [3.63, 3.8) is 0 Å². The molecular formula is C11H16O. The molecule has 66 valence electrons. The lowest BCUT2D eigenvalue weighted by Gasteiger charge is -2.34. The van der Waals surface area contributed by atoms with Crippen molar-refractivity contribution in [2.75, 3.05) is 0 Å². The Morgan fingerprint density at radius 2 is 2.17 bits per heavy atom. The maximum absolute atomic E-state index is 11.7. The highest BCUT2D eigenvalue weighted by atomic mass is 16.1. The molecule has 0 N–H and O–H groups in total. The predicted molar refractivity (Wildman–Crippen MR) is 46.7 cm³/mol. The summed E-state index contributed by atoms with van der Waals surface area (Å²) in [5.41, 5.74) is 0.563. The standard InChI is InChI=1S/C11H16O/c12-10-5-4-8-7-11(8)6-2-1-3-9(10)11/h8-9H,1-7H2/t8-,9?,11+/m0/s1. The van der Waals surface area contributed by atoms with Gasteiger partial charge in [-0.3, -0.25) is 4.79 Å². The zero-order valence-corrected chi connectivity index (χ0v) is 7.51. The maximum atomic E-state index is 11.7. The van der Waals surface area contributed by atoms with E-state index in [2.05, 4.69) is 0 Å². The summed E-state index contributed by atoms with van der Waals surface area (Å²) in [4.78, 5) is 11.7. The first-order valence-electron chi connectivity index (χ1n) is 5.36. The Morgan fingerprint density at radius 3 is 3.00 bits per heavy atom. The molecule has 0 amide bonds. The average molecular weight is 164 g/mol. The average Bonchev–Trinajstić information content (AvgIpc) is 2.78. The van der Waals surface area contributed by atoms with Gasteiger partial charge in [-0.25, -0.2) is 0 Å². The second kappa shape index (κ2) is 2.12. The minimum absolute atomic E-state index is 0.505. The largest absolute Gasteiger partial charge is 0.299 e. The lowest BCUT2D eigenvalue weighted by Crippen LogP contribution is -2.33. The van der Waals surface area contributed by atoms with Crippen LogP contribution in [0.1, 0.15) is 44.9 Å².